The highest BCUT2D eigenvalue weighted by Crippen LogP contribution is 2.24. The van der Waals surface area contributed by atoms with Gasteiger partial charge in [0.05, 0.1) is 12.3 Å². The van der Waals surface area contributed by atoms with Crippen LogP contribution in [0.3, 0.4) is 0 Å². The molecule has 1 unspecified atom stereocenters. The van der Waals surface area contributed by atoms with E-state index in [0.717, 1.165) is 50.9 Å². The van der Waals surface area contributed by atoms with E-state index < -0.39 is 10.0 Å². The molecule has 1 amide bonds. The van der Waals surface area contributed by atoms with Crippen LogP contribution in [0.5, 0.6) is 11.5 Å². The van der Waals surface area contributed by atoms with E-state index in [2.05, 4.69) is 32.4 Å². The molecule has 1 fully saturated rings. The van der Waals surface area contributed by atoms with Gasteiger partial charge in [-0.1, -0.05) is 19.1 Å². The van der Waals surface area contributed by atoms with Crippen molar-refractivity contribution in [3.05, 3.63) is 54.1 Å². The van der Waals surface area contributed by atoms with E-state index in [9.17, 15) is 13.2 Å². The zero-order chi connectivity index (χ0) is 24.6. The molecule has 194 valence electrons. The number of carbonyl (C=O) groups is 1. The molecule has 0 spiro atoms. The van der Waals surface area contributed by atoms with Crippen molar-refractivity contribution < 1.29 is 17.9 Å². The molecule has 35 heavy (non-hydrogen) atoms. The monoisotopic (exact) mass is 524 g/mol. The highest BCUT2D eigenvalue weighted by atomic mass is 35.5. The number of nitrogens with zero attached hydrogens (tertiary/aromatic N) is 1. The predicted octanol–water partition coefficient (Wildman–Crippen LogP) is 3.74. The lowest BCUT2D eigenvalue weighted by atomic mass is 10.0. The smallest absolute Gasteiger partial charge is 0.237 e. The first-order valence-corrected chi connectivity index (χ1v) is 13.8. The van der Waals surface area contributed by atoms with Gasteiger partial charge >= 0.3 is 0 Å². The number of carbonyl (C=O) groups excluding carboxylic acids is 1. The van der Waals surface area contributed by atoms with Crippen LogP contribution in [-0.4, -0.2) is 57.2 Å². The number of amides is 1. The Morgan fingerprint density at radius 2 is 1.60 bits per heavy atom. The lowest BCUT2D eigenvalue weighted by Gasteiger charge is -2.34. The highest BCUT2D eigenvalue weighted by molar-refractivity contribution is 7.92. The van der Waals surface area contributed by atoms with Gasteiger partial charge < -0.3 is 15.4 Å². The Labute approximate surface area is 215 Å². The van der Waals surface area contributed by atoms with Gasteiger partial charge in [0.15, 0.2) is 0 Å². The molecule has 1 aliphatic rings. The van der Waals surface area contributed by atoms with E-state index in [1.807, 2.05) is 26.0 Å². The molecule has 1 heterocycles. The van der Waals surface area contributed by atoms with Crippen molar-refractivity contribution in [3.8, 4) is 11.5 Å². The Kier molecular flexibility index (Phi) is 11.3. The molecule has 1 aliphatic heterocycles. The zero-order valence-corrected chi connectivity index (χ0v) is 22.3. The minimum absolute atomic E-state index is 0. The number of likely N-dealkylation sites (N-methyl/N-ethyl adjacent to an activating group) is 1. The first kappa shape index (κ1) is 28.9. The van der Waals surface area contributed by atoms with Crippen LogP contribution in [-0.2, 0) is 21.4 Å². The van der Waals surface area contributed by atoms with Crippen molar-refractivity contribution in [3.63, 3.8) is 0 Å². The van der Waals surface area contributed by atoms with Gasteiger partial charge in [0.2, 0.25) is 15.9 Å². The minimum Gasteiger partial charge on any atom is -0.457 e. The molecule has 10 heteroatoms. The molecule has 0 bridgehead atoms. The number of piperidine rings is 1. The van der Waals surface area contributed by atoms with Crippen molar-refractivity contribution in [2.24, 2.45) is 0 Å². The summed E-state index contributed by atoms with van der Waals surface area (Å²) in [4.78, 5) is 14.6. The molecule has 0 saturated carbocycles. The summed E-state index contributed by atoms with van der Waals surface area (Å²) in [7, 11) is -3.30. The normalized spacial score (nSPS) is 15.6. The average Bonchev–Trinajstić information content (AvgIpc) is 2.80. The number of nitrogens with one attached hydrogen (secondary N) is 3. The number of hydrogen-bond acceptors (Lipinski definition) is 6. The van der Waals surface area contributed by atoms with Crippen LogP contribution in [0.2, 0.25) is 0 Å². The maximum atomic E-state index is 12.1. The second kappa shape index (κ2) is 13.7. The fraction of sp³-hybridized carbons (Fsp3) is 0.480. The largest absolute Gasteiger partial charge is 0.457 e. The van der Waals surface area contributed by atoms with E-state index in [1.54, 1.807) is 24.3 Å². The highest BCUT2D eigenvalue weighted by Gasteiger charge is 2.24. The molecule has 1 saturated heterocycles. The van der Waals surface area contributed by atoms with Crippen molar-refractivity contribution >= 4 is 34.0 Å². The Hall–Kier alpha value is -2.33. The van der Waals surface area contributed by atoms with E-state index in [-0.39, 0.29) is 24.4 Å². The molecule has 0 aromatic heterocycles. The fourth-order valence-electron chi connectivity index (χ4n) is 4.08. The Morgan fingerprint density at radius 1 is 1.03 bits per heavy atom. The third-order valence-electron chi connectivity index (χ3n) is 5.82. The van der Waals surface area contributed by atoms with Crippen molar-refractivity contribution in [2.75, 3.05) is 30.6 Å². The number of halogens is 1. The van der Waals surface area contributed by atoms with Crippen LogP contribution >= 0.6 is 12.4 Å². The quantitative estimate of drug-likeness (QED) is 0.414. The van der Waals surface area contributed by atoms with E-state index in [1.165, 1.54) is 5.56 Å². The number of benzene rings is 2. The maximum absolute atomic E-state index is 12.1. The third-order valence-corrected chi connectivity index (χ3v) is 6.43. The first-order chi connectivity index (χ1) is 16.3. The number of sulfonamides is 1. The maximum Gasteiger partial charge on any atom is 0.237 e. The summed E-state index contributed by atoms with van der Waals surface area (Å²) in [6.07, 6.45) is 3.97. The second-order valence-corrected chi connectivity index (χ2v) is 10.5. The van der Waals surface area contributed by atoms with Gasteiger partial charge in [0, 0.05) is 24.8 Å². The number of likely N-dealkylation sites (tertiary alicyclic amines) is 1. The Bertz CT molecular complexity index is 1020. The summed E-state index contributed by atoms with van der Waals surface area (Å²) in [6, 6.07) is 15.1. The number of anilines is 1. The van der Waals surface area contributed by atoms with E-state index >= 15 is 0 Å². The van der Waals surface area contributed by atoms with Gasteiger partial charge in [-0.3, -0.25) is 14.4 Å². The van der Waals surface area contributed by atoms with Gasteiger partial charge in [0.1, 0.15) is 11.5 Å². The summed E-state index contributed by atoms with van der Waals surface area (Å²) in [5.41, 5.74) is 1.72. The van der Waals surface area contributed by atoms with Crippen LogP contribution in [0.4, 0.5) is 5.69 Å². The van der Waals surface area contributed by atoms with Crippen LogP contribution in [0.25, 0.3) is 0 Å². The van der Waals surface area contributed by atoms with Gasteiger partial charge in [-0.2, -0.15) is 0 Å². The molecule has 1 atom stereocenters. The lowest BCUT2D eigenvalue weighted by molar-refractivity contribution is -0.123. The van der Waals surface area contributed by atoms with Crippen LogP contribution in [0.1, 0.15) is 38.7 Å². The molecule has 0 aliphatic carbocycles. The lowest BCUT2D eigenvalue weighted by Crippen LogP contribution is -2.51. The Balaban J connectivity index is 0.00000432. The predicted molar refractivity (Wildman–Crippen MR) is 143 cm³/mol. The number of rotatable bonds is 11. The molecule has 8 nitrogen and oxygen atoms in total. The number of ether oxygens (including phenoxy) is 1. The van der Waals surface area contributed by atoms with Crippen LogP contribution in [0.15, 0.2) is 48.5 Å². The van der Waals surface area contributed by atoms with E-state index in [0.29, 0.717) is 24.0 Å². The van der Waals surface area contributed by atoms with E-state index in [4.69, 9.17) is 4.74 Å². The Morgan fingerprint density at radius 3 is 2.11 bits per heavy atom. The van der Waals surface area contributed by atoms with Gasteiger partial charge in [-0.25, -0.2) is 8.42 Å². The average molecular weight is 525 g/mol. The first-order valence-electron chi connectivity index (χ1n) is 11.9. The van der Waals surface area contributed by atoms with Crippen molar-refractivity contribution in [1.29, 1.82) is 0 Å². The summed E-state index contributed by atoms with van der Waals surface area (Å²) in [5, 5.41) is 6.44. The molecule has 3 N–H and O–H groups in total. The molecule has 0 radical (unpaired) electrons. The van der Waals surface area contributed by atoms with Crippen molar-refractivity contribution in [1.82, 2.24) is 15.5 Å². The zero-order valence-electron chi connectivity index (χ0n) is 20.6. The summed E-state index contributed by atoms with van der Waals surface area (Å²) in [6.45, 7) is 7.52. The summed E-state index contributed by atoms with van der Waals surface area (Å²) < 4.78 is 30.9. The minimum atomic E-state index is -3.30. The van der Waals surface area contributed by atoms with Gasteiger partial charge in [0.25, 0.3) is 0 Å². The third kappa shape index (κ3) is 9.68. The SMILES string of the molecule is CCNC(=O)C(CC)NC1CCN(Cc2ccc(Oc3ccc(NS(C)(=O)=O)cc3)cc2)CC1.Cl. The standard InChI is InChI=1S/C25H36N4O4S.ClH/c1-4-24(25(30)26-5-2)27-20-14-16-29(17-15-20)18-19-6-10-22(11-7-19)33-23-12-8-21(9-13-23)28-34(3,31)32;/h6-13,20,24,27-28H,4-5,14-18H2,1-3H3,(H,26,30);1H. The summed E-state index contributed by atoms with van der Waals surface area (Å²) >= 11 is 0. The second-order valence-electron chi connectivity index (χ2n) is 8.72. The van der Waals surface area contributed by atoms with Crippen LogP contribution < -0.4 is 20.1 Å². The van der Waals surface area contributed by atoms with Crippen molar-refractivity contribution in [2.45, 2.75) is 51.7 Å². The molecule has 2 aromatic carbocycles. The number of hydrogen-bond donors (Lipinski definition) is 3. The molecular weight excluding hydrogens is 488 g/mol. The van der Waals surface area contributed by atoms with Gasteiger partial charge in [-0.15, -0.1) is 12.4 Å². The fourth-order valence-corrected chi connectivity index (χ4v) is 4.65. The van der Waals surface area contributed by atoms with Gasteiger partial charge in [-0.05, 0) is 81.2 Å². The summed E-state index contributed by atoms with van der Waals surface area (Å²) in [5.74, 6) is 1.46. The topological polar surface area (TPSA) is 99.8 Å². The molecular formula is C25H37ClN4O4S. The van der Waals surface area contributed by atoms with Crippen LogP contribution in [0, 0.1) is 0 Å². The molecule has 2 aromatic rings. The molecule has 3 rings (SSSR count).